The maximum absolute atomic E-state index is 12.3. The first kappa shape index (κ1) is 22.8. The fraction of sp³-hybridized carbons (Fsp3) is 0.391. The highest BCUT2D eigenvalue weighted by atomic mass is 16.7. The van der Waals surface area contributed by atoms with Crippen LogP contribution in [0.3, 0.4) is 0 Å². The average Bonchev–Trinajstić information content (AvgIpc) is 2.97. The molecule has 2 heterocycles. The first-order chi connectivity index (χ1) is 14.7. The van der Waals surface area contributed by atoms with E-state index in [0.717, 1.165) is 16.6 Å². The first-order valence-corrected chi connectivity index (χ1v) is 10.2. The summed E-state index contributed by atoms with van der Waals surface area (Å²) in [5.74, 6) is 0.663. The highest BCUT2D eigenvalue weighted by molar-refractivity contribution is 6.56. The second-order valence-corrected chi connectivity index (χ2v) is 8.34. The molecular weight excluding hydrogens is 395 g/mol. The fourth-order valence-corrected chi connectivity index (χ4v) is 3.03. The first-order valence-electron chi connectivity index (χ1n) is 10.2. The Hall–Kier alpha value is -2.84. The number of carbonyl (C=O) groups is 1. The maximum atomic E-state index is 12.3. The number of benzene rings is 1. The van der Waals surface area contributed by atoms with E-state index in [-0.39, 0.29) is 13.2 Å². The molecule has 1 aliphatic rings. The van der Waals surface area contributed by atoms with Gasteiger partial charge in [0.25, 0.3) is 0 Å². The molecule has 8 heteroatoms. The molecule has 1 aromatic carbocycles. The van der Waals surface area contributed by atoms with Gasteiger partial charge in [0.15, 0.2) is 0 Å². The van der Waals surface area contributed by atoms with Crippen molar-refractivity contribution in [3.05, 3.63) is 65.4 Å². The Labute approximate surface area is 183 Å². The highest BCUT2D eigenvalue weighted by Crippen LogP contribution is 2.39. The van der Waals surface area contributed by atoms with Crippen LogP contribution in [0.2, 0.25) is 0 Å². The Kier molecular flexibility index (Phi) is 7.03. The van der Waals surface area contributed by atoms with Gasteiger partial charge >= 0.3 is 13.2 Å². The van der Waals surface area contributed by atoms with E-state index >= 15 is 0 Å². The summed E-state index contributed by atoms with van der Waals surface area (Å²) >= 11 is 0. The van der Waals surface area contributed by atoms with Crippen LogP contribution in [0, 0.1) is 0 Å². The molecule has 0 bridgehead atoms. The molecule has 0 aliphatic carbocycles. The standard InChI is InChI=1S/C23H29BN2O5/c1-22(2)23(3,4)31-24(30-22)19(13-18-14-25-12-11-20(18)28-5)15-26-21(27)29-16-17-9-7-6-8-10-17/h6-14H,15-16H2,1-5H3,(H,26,27). The van der Waals surface area contributed by atoms with Crippen molar-refractivity contribution >= 4 is 19.3 Å². The third kappa shape index (κ3) is 5.65. The number of ether oxygens (including phenoxy) is 2. The molecule has 0 unspecified atom stereocenters. The molecule has 3 rings (SSSR count). The van der Waals surface area contributed by atoms with E-state index in [4.69, 9.17) is 18.8 Å². The summed E-state index contributed by atoms with van der Waals surface area (Å²) < 4.78 is 23.1. The van der Waals surface area contributed by atoms with E-state index < -0.39 is 24.4 Å². The van der Waals surface area contributed by atoms with E-state index in [1.165, 1.54) is 0 Å². The molecule has 1 fully saturated rings. The van der Waals surface area contributed by atoms with Crippen LogP contribution in [-0.2, 0) is 20.7 Å². The van der Waals surface area contributed by atoms with Crippen LogP contribution in [0.25, 0.3) is 6.08 Å². The van der Waals surface area contributed by atoms with E-state index in [9.17, 15) is 4.79 Å². The largest absolute Gasteiger partial charge is 0.496 e. The molecule has 2 aromatic rings. The molecule has 0 atom stereocenters. The van der Waals surface area contributed by atoms with Crippen molar-refractivity contribution in [3.8, 4) is 5.75 Å². The lowest BCUT2D eigenvalue weighted by Crippen LogP contribution is -2.41. The topological polar surface area (TPSA) is 78.9 Å². The number of alkyl carbamates (subject to hydrolysis) is 1. The van der Waals surface area contributed by atoms with Crippen LogP contribution in [-0.4, -0.2) is 43.1 Å². The summed E-state index contributed by atoms with van der Waals surface area (Å²) in [4.78, 5) is 16.5. The Bertz CT molecular complexity index is 915. The number of aromatic nitrogens is 1. The normalized spacial score (nSPS) is 17.3. The van der Waals surface area contributed by atoms with Crippen LogP contribution in [0.5, 0.6) is 5.75 Å². The van der Waals surface area contributed by atoms with Crippen molar-refractivity contribution in [1.29, 1.82) is 0 Å². The van der Waals surface area contributed by atoms with Crippen molar-refractivity contribution in [2.45, 2.75) is 45.5 Å². The van der Waals surface area contributed by atoms with Gasteiger partial charge in [-0.25, -0.2) is 4.79 Å². The molecule has 164 valence electrons. The Morgan fingerprint density at radius 2 is 1.81 bits per heavy atom. The zero-order valence-corrected chi connectivity index (χ0v) is 18.7. The van der Waals surface area contributed by atoms with Gasteiger partial charge in [0.05, 0.1) is 18.3 Å². The average molecular weight is 424 g/mol. The summed E-state index contributed by atoms with van der Waals surface area (Å²) in [6.07, 6.45) is 4.69. The molecule has 0 saturated carbocycles. The highest BCUT2D eigenvalue weighted by Gasteiger charge is 2.52. The third-order valence-corrected chi connectivity index (χ3v) is 5.58. The van der Waals surface area contributed by atoms with Gasteiger partial charge < -0.3 is 24.1 Å². The maximum Gasteiger partial charge on any atom is 0.492 e. The Morgan fingerprint density at radius 3 is 2.45 bits per heavy atom. The number of amides is 1. The quantitative estimate of drug-likeness (QED) is 0.677. The van der Waals surface area contributed by atoms with Gasteiger partial charge in [-0.1, -0.05) is 36.4 Å². The number of carbonyl (C=O) groups excluding carboxylic acids is 1. The second kappa shape index (κ2) is 9.53. The van der Waals surface area contributed by atoms with Gasteiger partial charge in [0.1, 0.15) is 12.4 Å². The van der Waals surface area contributed by atoms with E-state index in [0.29, 0.717) is 5.75 Å². The summed E-state index contributed by atoms with van der Waals surface area (Å²) in [5, 5.41) is 2.79. The SMILES string of the molecule is COc1ccncc1C=C(CNC(=O)OCc1ccccc1)B1OC(C)(C)C(C)(C)O1. The van der Waals surface area contributed by atoms with Crippen molar-refractivity contribution < 1.29 is 23.6 Å². The minimum absolute atomic E-state index is 0.183. The molecule has 1 amide bonds. The number of rotatable bonds is 7. The minimum atomic E-state index is -0.635. The number of nitrogens with one attached hydrogen (secondary N) is 1. The number of pyridine rings is 1. The van der Waals surface area contributed by atoms with Crippen molar-refractivity contribution in [2.24, 2.45) is 0 Å². The third-order valence-electron chi connectivity index (χ3n) is 5.58. The van der Waals surface area contributed by atoms with Gasteiger partial charge in [-0.3, -0.25) is 4.98 Å². The number of hydrogen-bond donors (Lipinski definition) is 1. The minimum Gasteiger partial charge on any atom is -0.496 e. The fourth-order valence-electron chi connectivity index (χ4n) is 3.03. The lowest BCUT2D eigenvalue weighted by atomic mass is 9.77. The summed E-state index contributed by atoms with van der Waals surface area (Å²) in [7, 11) is 0.963. The van der Waals surface area contributed by atoms with E-state index in [1.807, 2.05) is 64.1 Å². The van der Waals surface area contributed by atoms with Crippen LogP contribution >= 0.6 is 0 Å². The molecule has 0 spiro atoms. The molecule has 7 nitrogen and oxygen atoms in total. The molecule has 0 radical (unpaired) electrons. The van der Waals surface area contributed by atoms with E-state index in [1.54, 1.807) is 25.6 Å². The smallest absolute Gasteiger partial charge is 0.492 e. The van der Waals surface area contributed by atoms with Gasteiger partial charge in [0, 0.05) is 24.5 Å². The lowest BCUT2D eigenvalue weighted by molar-refractivity contribution is 0.00578. The van der Waals surface area contributed by atoms with Gasteiger partial charge in [-0.15, -0.1) is 0 Å². The van der Waals surface area contributed by atoms with Crippen molar-refractivity contribution in [3.63, 3.8) is 0 Å². The van der Waals surface area contributed by atoms with Crippen LogP contribution < -0.4 is 10.1 Å². The van der Waals surface area contributed by atoms with Gasteiger partial charge in [-0.2, -0.15) is 0 Å². The van der Waals surface area contributed by atoms with Gasteiger partial charge in [-0.05, 0) is 44.8 Å². The molecular formula is C23H29BN2O5. The molecule has 31 heavy (non-hydrogen) atoms. The molecule has 1 aliphatic heterocycles. The Balaban J connectivity index is 1.75. The summed E-state index contributed by atoms with van der Waals surface area (Å²) in [5.41, 5.74) is 1.38. The Morgan fingerprint density at radius 1 is 1.13 bits per heavy atom. The van der Waals surface area contributed by atoms with Crippen molar-refractivity contribution in [2.75, 3.05) is 13.7 Å². The second-order valence-electron chi connectivity index (χ2n) is 8.34. The van der Waals surface area contributed by atoms with E-state index in [2.05, 4.69) is 10.3 Å². The van der Waals surface area contributed by atoms with Gasteiger partial charge in [0.2, 0.25) is 0 Å². The molecule has 1 saturated heterocycles. The van der Waals surface area contributed by atoms with Crippen LogP contribution in [0.15, 0.2) is 54.3 Å². The monoisotopic (exact) mass is 424 g/mol. The number of nitrogens with zero attached hydrogens (tertiary/aromatic N) is 1. The van der Waals surface area contributed by atoms with Crippen molar-refractivity contribution in [1.82, 2.24) is 10.3 Å². The lowest BCUT2D eigenvalue weighted by Gasteiger charge is -2.32. The molecule has 1 N–H and O–H groups in total. The zero-order valence-electron chi connectivity index (χ0n) is 18.7. The van der Waals surface area contributed by atoms with Crippen LogP contribution in [0.4, 0.5) is 4.79 Å². The number of methoxy groups -OCH3 is 1. The van der Waals surface area contributed by atoms with Crippen LogP contribution in [0.1, 0.15) is 38.8 Å². The predicted molar refractivity (Wildman–Crippen MR) is 119 cm³/mol. The molecule has 1 aromatic heterocycles. The zero-order chi connectivity index (χ0) is 22.5. The number of hydrogen-bond acceptors (Lipinski definition) is 6. The summed E-state index contributed by atoms with van der Waals surface area (Å²) in [6.45, 7) is 8.31. The summed E-state index contributed by atoms with van der Waals surface area (Å²) in [6, 6.07) is 11.3. The predicted octanol–water partition coefficient (Wildman–Crippen LogP) is 4.03.